The summed E-state index contributed by atoms with van der Waals surface area (Å²) in [6.45, 7) is 6.34. The van der Waals surface area contributed by atoms with E-state index in [1.807, 2.05) is 13.8 Å². The molecule has 6 heteroatoms. The van der Waals surface area contributed by atoms with Crippen molar-refractivity contribution in [3.8, 4) is 0 Å². The van der Waals surface area contributed by atoms with Crippen LogP contribution in [-0.4, -0.2) is 53.2 Å². The van der Waals surface area contributed by atoms with Gasteiger partial charge < -0.3 is 15.7 Å². The Labute approximate surface area is 120 Å². The van der Waals surface area contributed by atoms with E-state index in [0.717, 1.165) is 0 Å². The van der Waals surface area contributed by atoms with Crippen LogP contribution in [0.1, 0.15) is 46.5 Å². The molecule has 6 nitrogen and oxygen atoms in total. The van der Waals surface area contributed by atoms with Gasteiger partial charge in [0, 0.05) is 30.6 Å². The van der Waals surface area contributed by atoms with Crippen molar-refractivity contribution in [2.24, 2.45) is 0 Å². The number of likely N-dealkylation sites (N-methyl/N-ethyl adjacent to an activating group) is 1. The van der Waals surface area contributed by atoms with Crippen LogP contribution in [-0.2, 0) is 4.79 Å². The highest BCUT2D eigenvalue weighted by Crippen LogP contribution is 2.26. The minimum Gasteiger partial charge on any atom is -0.481 e. The second kappa shape index (κ2) is 6.92. The van der Waals surface area contributed by atoms with Gasteiger partial charge in [-0.3, -0.25) is 9.69 Å². The van der Waals surface area contributed by atoms with Crippen LogP contribution in [0.5, 0.6) is 0 Å². The van der Waals surface area contributed by atoms with Crippen LogP contribution in [0.2, 0.25) is 0 Å². The van der Waals surface area contributed by atoms with Crippen LogP contribution in [0.25, 0.3) is 0 Å². The van der Waals surface area contributed by atoms with Crippen molar-refractivity contribution in [1.82, 2.24) is 15.5 Å². The van der Waals surface area contributed by atoms with Gasteiger partial charge in [-0.1, -0.05) is 0 Å². The van der Waals surface area contributed by atoms with Crippen molar-refractivity contribution in [2.75, 3.05) is 13.6 Å². The molecule has 0 aromatic heterocycles. The number of hydrogen-bond acceptors (Lipinski definition) is 3. The molecular weight excluding hydrogens is 258 g/mol. The molecule has 0 aromatic carbocycles. The Kier molecular flexibility index (Phi) is 5.80. The molecule has 1 aliphatic rings. The van der Waals surface area contributed by atoms with E-state index < -0.39 is 11.5 Å². The molecule has 1 aliphatic carbocycles. The molecule has 1 saturated carbocycles. The van der Waals surface area contributed by atoms with Gasteiger partial charge >= 0.3 is 12.0 Å². The monoisotopic (exact) mass is 285 g/mol. The highest BCUT2D eigenvalue weighted by Gasteiger charge is 2.29. The van der Waals surface area contributed by atoms with Crippen molar-refractivity contribution in [1.29, 1.82) is 0 Å². The molecule has 1 unspecified atom stereocenters. The molecule has 0 spiro atoms. The average Bonchev–Trinajstić information content (AvgIpc) is 3.16. The van der Waals surface area contributed by atoms with Gasteiger partial charge in [-0.15, -0.1) is 0 Å². The third-order valence-corrected chi connectivity index (χ3v) is 3.79. The van der Waals surface area contributed by atoms with E-state index >= 15 is 0 Å². The summed E-state index contributed by atoms with van der Waals surface area (Å²) in [5.74, 6) is -0.847. The number of carboxylic acid groups (broad SMARTS) is 1. The first-order valence-electron chi connectivity index (χ1n) is 7.21. The second-order valence-electron chi connectivity index (χ2n) is 6.36. The van der Waals surface area contributed by atoms with Crippen LogP contribution in [0.15, 0.2) is 0 Å². The molecule has 20 heavy (non-hydrogen) atoms. The molecule has 0 bridgehead atoms. The smallest absolute Gasteiger partial charge is 0.315 e. The lowest BCUT2D eigenvalue weighted by atomic mass is 9.99. The summed E-state index contributed by atoms with van der Waals surface area (Å²) < 4.78 is 0. The normalized spacial score (nSPS) is 16.9. The van der Waals surface area contributed by atoms with Crippen LogP contribution in [0.3, 0.4) is 0 Å². The highest BCUT2D eigenvalue weighted by atomic mass is 16.4. The minimum absolute atomic E-state index is 0.0497. The maximum Gasteiger partial charge on any atom is 0.315 e. The number of carbonyl (C=O) groups is 2. The Morgan fingerprint density at radius 1 is 1.40 bits per heavy atom. The molecule has 0 aromatic rings. The lowest BCUT2D eigenvalue weighted by Crippen LogP contribution is -2.51. The van der Waals surface area contributed by atoms with Crippen molar-refractivity contribution >= 4 is 12.0 Å². The lowest BCUT2D eigenvalue weighted by Gasteiger charge is -2.28. The van der Waals surface area contributed by atoms with Gasteiger partial charge in [-0.05, 0) is 47.1 Å². The molecule has 116 valence electrons. The molecule has 2 amide bonds. The molecule has 0 saturated heterocycles. The zero-order valence-electron chi connectivity index (χ0n) is 12.9. The minimum atomic E-state index is -0.847. The van der Waals surface area contributed by atoms with Crippen LogP contribution in [0, 0.1) is 0 Å². The first-order valence-corrected chi connectivity index (χ1v) is 7.21. The number of nitrogens with one attached hydrogen (secondary N) is 2. The fourth-order valence-corrected chi connectivity index (χ4v) is 2.06. The highest BCUT2D eigenvalue weighted by molar-refractivity contribution is 5.75. The van der Waals surface area contributed by atoms with E-state index in [1.165, 1.54) is 12.8 Å². The Morgan fingerprint density at radius 2 is 2.00 bits per heavy atom. The van der Waals surface area contributed by atoms with Crippen molar-refractivity contribution in [3.63, 3.8) is 0 Å². The van der Waals surface area contributed by atoms with Crippen molar-refractivity contribution in [3.05, 3.63) is 0 Å². The maximum absolute atomic E-state index is 11.8. The Morgan fingerprint density at radius 3 is 2.50 bits per heavy atom. The van der Waals surface area contributed by atoms with Gasteiger partial charge in [0.1, 0.15) is 0 Å². The first-order chi connectivity index (χ1) is 9.21. The van der Waals surface area contributed by atoms with Gasteiger partial charge in [-0.2, -0.15) is 0 Å². The molecule has 0 aliphatic heterocycles. The fraction of sp³-hybridized carbons (Fsp3) is 0.857. The number of urea groups is 1. The summed E-state index contributed by atoms with van der Waals surface area (Å²) in [5, 5.41) is 14.3. The van der Waals surface area contributed by atoms with E-state index in [1.54, 1.807) is 0 Å². The summed E-state index contributed by atoms with van der Waals surface area (Å²) in [4.78, 5) is 24.7. The second-order valence-corrected chi connectivity index (χ2v) is 6.36. The van der Waals surface area contributed by atoms with Gasteiger partial charge in [-0.25, -0.2) is 4.79 Å². The maximum atomic E-state index is 11.8. The number of nitrogens with zero attached hydrogens (tertiary/aromatic N) is 1. The summed E-state index contributed by atoms with van der Waals surface area (Å²) in [6, 6.07) is 0.730. The summed E-state index contributed by atoms with van der Waals surface area (Å²) in [5.41, 5.74) is -0.520. The summed E-state index contributed by atoms with van der Waals surface area (Å²) >= 11 is 0. The first kappa shape index (κ1) is 16.8. The predicted octanol–water partition coefficient (Wildman–Crippen LogP) is 1.41. The van der Waals surface area contributed by atoms with Crippen LogP contribution < -0.4 is 10.6 Å². The number of aliphatic carboxylic acids is 1. The third-order valence-electron chi connectivity index (χ3n) is 3.79. The average molecular weight is 285 g/mol. The van der Waals surface area contributed by atoms with Crippen molar-refractivity contribution in [2.45, 2.75) is 64.1 Å². The Hall–Kier alpha value is -1.30. The van der Waals surface area contributed by atoms with Gasteiger partial charge in [0.15, 0.2) is 0 Å². The predicted molar refractivity (Wildman–Crippen MR) is 77.7 cm³/mol. The van der Waals surface area contributed by atoms with Crippen LogP contribution in [0.4, 0.5) is 4.79 Å². The third kappa shape index (κ3) is 6.23. The van der Waals surface area contributed by atoms with E-state index in [9.17, 15) is 9.59 Å². The SMILES string of the molecule is CC(CNC(=O)NC(C)(C)CCC(=O)O)N(C)C1CC1. The number of carboxylic acids is 1. The van der Waals surface area contributed by atoms with E-state index in [4.69, 9.17) is 5.11 Å². The summed E-state index contributed by atoms with van der Waals surface area (Å²) in [6.07, 6.45) is 2.95. The number of hydrogen-bond donors (Lipinski definition) is 3. The summed E-state index contributed by atoms with van der Waals surface area (Å²) in [7, 11) is 2.08. The van der Waals surface area contributed by atoms with Gasteiger partial charge in [0.2, 0.25) is 0 Å². The largest absolute Gasteiger partial charge is 0.481 e. The molecule has 1 rings (SSSR count). The standard InChI is InChI=1S/C14H27N3O3/c1-10(17(4)11-5-6-11)9-15-13(20)16-14(2,3)8-7-12(18)19/h10-11H,5-9H2,1-4H3,(H,18,19)(H2,15,16,20). The zero-order valence-corrected chi connectivity index (χ0v) is 12.9. The lowest BCUT2D eigenvalue weighted by molar-refractivity contribution is -0.137. The van der Waals surface area contributed by atoms with Gasteiger partial charge in [0.05, 0.1) is 0 Å². The number of amides is 2. The molecular formula is C14H27N3O3. The molecule has 1 atom stereocenters. The van der Waals surface area contributed by atoms with E-state index in [0.29, 0.717) is 25.0 Å². The fourth-order valence-electron chi connectivity index (χ4n) is 2.06. The van der Waals surface area contributed by atoms with E-state index in [2.05, 4.69) is 29.5 Å². The molecule has 0 heterocycles. The topological polar surface area (TPSA) is 81.7 Å². The van der Waals surface area contributed by atoms with Crippen LogP contribution >= 0.6 is 0 Å². The van der Waals surface area contributed by atoms with E-state index in [-0.39, 0.29) is 12.5 Å². The molecule has 0 radical (unpaired) electrons. The number of rotatable bonds is 8. The number of carbonyl (C=O) groups excluding carboxylic acids is 1. The van der Waals surface area contributed by atoms with Crippen molar-refractivity contribution < 1.29 is 14.7 Å². The van der Waals surface area contributed by atoms with Gasteiger partial charge in [0.25, 0.3) is 0 Å². The Balaban J connectivity index is 2.26. The zero-order chi connectivity index (χ0) is 15.3. The Bertz CT molecular complexity index is 354. The quantitative estimate of drug-likeness (QED) is 0.630. The molecule has 1 fully saturated rings. The molecule has 3 N–H and O–H groups in total.